The molecular formula is C20H21N3O5S2. The number of urea groups is 1. The molecule has 2 aliphatic heterocycles. The van der Waals surface area contributed by atoms with Gasteiger partial charge in [-0.2, -0.15) is 0 Å². The Morgan fingerprint density at radius 2 is 2.03 bits per heavy atom. The van der Waals surface area contributed by atoms with E-state index in [9.17, 15) is 22.8 Å². The number of thiophene rings is 1. The van der Waals surface area contributed by atoms with E-state index in [0.717, 1.165) is 10.5 Å². The van der Waals surface area contributed by atoms with Crippen molar-refractivity contribution in [2.75, 3.05) is 23.1 Å². The van der Waals surface area contributed by atoms with Gasteiger partial charge in [0.1, 0.15) is 0 Å². The monoisotopic (exact) mass is 447 g/mol. The molecule has 3 amide bonds. The molecule has 2 aromatic rings. The standard InChI is InChI=1S/C20H21N3O5S2/c1-3-30(27,28)23-9-8-13-11-14(6-7-15(13)23)16(24)12-22-18(25)20(2,21-19(22)26)17-5-4-10-29-17/h4-7,10-11H,3,8-9,12H2,1-2H3,(H,21,26). The molecule has 0 spiro atoms. The Labute approximate surface area is 178 Å². The second-order valence-electron chi connectivity index (χ2n) is 7.41. The molecule has 0 radical (unpaired) electrons. The Morgan fingerprint density at radius 1 is 1.27 bits per heavy atom. The van der Waals surface area contributed by atoms with Gasteiger partial charge >= 0.3 is 6.03 Å². The maximum Gasteiger partial charge on any atom is 0.325 e. The number of amides is 3. The van der Waals surface area contributed by atoms with E-state index >= 15 is 0 Å². The SMILES string of the molecule is CCS(=O)(=O)N1CCc2cc(C(=O)CN3C(=O)NC(C)(c4cccs4)C3=O)ccc21. The second kappa shape index (κ2) is 7.21. The number of anilines is 1. The lowest BCUT2D eigenvalue weighted by Crippen LogP contribution is -2.40. The van der Waals surface area contributed by atoms with Crippen LogP contribution in [-0.2, 0) is 26.8 Å². The van der Waals surface area contributed by atoms with Crippen molar-refractivity contribution >= 4 is 44.8 Å². The number of hydrogen-bond acceptors (Lipinski definition) is 6. The maximum atomic E-state index is 12.9. The fraction of sp³-hybridized carbons (Fsp3) is 0.350. The van der Waals surface area contributed by atoms with Gasteiger partial charge in [0.05, 0.1) is 18.0 Å². The third-order valence-electron chi connectivity index (χ3n) is 5.55. The second-order valence-corrected chi connectivity index (χ2v) is 10.5. The summed E-state index contributed by atoms with van der Waals surface area (Å²) in [4.78, 5) is 39.8. The predicted molar refractivity (Wildman–Crippen MR) is 113 cm³/mol. The number of ketones is 1. The molecule has 2 aliphatic rings. The van der Waals surface area contributed by atoms with Gasteiger partial charge in [-0.25, -0.2) is 13.2 Å². The molecule has 1 N–H and O–H groups in total. The summed E-state index contributed by atoms with van der Waals surface area (Å²) in [5.41, 5.74) is 0.500. The highest BCUT2D eigenvalue weighted by molar-refractivity contribution is 7.92. The van der Waals surface area contributed by atoms with Crippen molar-refractivity contribution in [3.8, 4) is 0 Å². The summed E-state index contributed by atoms with van der Waals surface area (Å²) in [6, 6.07) is 7.77. The Hall–Kier alpha value is -2.72. The van der Waals surface area contributed by atoms with E-state index in [2.05, 4.69) is 5.32 Å². The summed E-state index contributed by atoms with van der Waals surface area (Å²) in [6.45, 7) is 3.19. The Balaban J connectivity index is 1.54. The van der Waals surface area contributed by atoms with Gasteiger partial charge in [-0.1, -0.05) is 6.07 Å². The zero-order valence-corrected chi connectivity index (χ0v) is 18.2. The highest BCUT2D eigenvalue weighted by Crippen LogP contribution is 2.33. The number of Topliss-reactive ketones (excluding diaryl/α,β-unsaturated/α-hetero) is 1. The van der Waals surface area contributed by atoms with Crippen LogP contribution >= 0.6 is 11.3 Å². The van der Waals surface area contributed by atoms with Crippen molar-refractivity contribution in [2.24, 2.45) is 0 Å². The number of imide groups is 1. The molecule has 1 aromatic heterocycles. The first-order chi connectivity index (χ1) is 14.2. The van der Waals surface area contributed by atoms with Crippen LogP contribution in [0.4, 0.5) is 10.5 Å². The zero-order valence-electron chi connectivity index (χ0n) is 16.5. The third kappa shape index (κ3) is 3.20. The summed E-state index contributed by atoms with van der Waals surface area (Å²) in [5, 5.41) is 4.50. The van der Waals surface area contributed by atoms with Crippen LogP contribution in [0.1, 0.15) is 34.6 Å². The summed E-state index contributed by atoms with van der Waals surface area (Å²) in [6.07, 6.45) is 0.509. The third-order valence-corrected chi connectivity index (χ3v) is 8.42. The highest BCUT2D eigenvalue weighted by atomic mass is 32.2. The number of sulfonamides is 1. The number of hydrogen-bond donors (Lipinski definition) is 1. The van der Waals surface area contributed by atoms with E-state index in [1.807, 2.05) is 5.38 Å². The highest BCUT2D eigenvalue weighted by Gasteiger charge is 2.50. The fourth-order valence-corrected chi connectivity index (χ4v) is 5.79. The summed E-state index contributed by atoms with van der Waals surface area (Å²) in [5.74, 6) is -0.847. The summed E-state index contributed by atoms with van der Waals surface area (Å²) >= 11 is 1.36. The molecule has 1 fully saturated rings. The lowest BCUT2D eigenvalue weighted by atomic mass is 10.00. The largest absolute Gasteiger partial charge is 0.325 e. The van der Waals surface area contributed by atoms with Gasteiger partial charge in [-0.05, 0) is 55.5 Å². The van der Waals surface area contributed by atoms with E-state index in [4.69, 9.17) is 0 Å². The molecule has 10 heteroatoms. The van der Waals surface area contributed by atoms with Gasteiger partial charge in [0.15, 0.2) is 11.3 Å². The van der Waals surface area contributed by atoms with Crippen LogP contribution in [0.2, 0.25) is 0 Å². The number of nitrogens with one attached hydrogen (secondary N) is 1. The molecule has 3 heterocycles. The molecule has 0 bridgehead atoms. The lowest BCUT2D eigenvalue weighted by molar-refractivity contribution is -0.130. The maximum absolute atomic E-state index is 12.9. The number of fused-ring (bicyclic) bond motifs is 1. The quantitative estimate of drug-likeness (QED) is 0.540. The van der Waals surface area contributed by atoms with Crippen molar-refractivity contribution in [3.63, 3.8) is 0 Å². The average Bonchev–Trinajstić information content (AvgIpc) is 3.44. The Morgan fingerprint density at radius 3 is 2.70 bits per heavy atom. The number of benzene rings is 1. The first kappa shape index (κ1) is 20.5. The first-order valence-corrected chi connectivity index (χ1v) is 12.0. The molecular weight excluding hydrogens is 426 g/mol. The van der Waals surface area contributed by atoms with Crippen molar-refractivity contribution in [2.45, 2.75) is 25.8 Å². The summed E-state index contributed by atoms with van der Waals surface area (Å²) < 4.78 is 25.8. The topological polar surface area (TPSA) is 104 Å². The Kier molecular flexibility index (Phi) is 4.94. The number of rotatable bonds is 6. The molecule has 1 aromatic carbocycles. The van der Waals surface area contributed by atoms with E-state index in [0.29, 0.717) is 29.1 Å². The predicted octanol–water partition coefficient (Wildman–Crippen LogP) is 2.11. The van der Waals surface area contributed by atoms with Gasteiger partial charge in [0, 0.05) is 17.0 Å². The lowest BCUT2D eigenvalue weighted by Gasteiger charge is -2.20. The molecule has 1 saturated heterocycles. The molecule has 30 heavy (non-hydrogen) atoms. The van der Waals surface area contributed by atoms with Crippen LogP contribution in [0.3, 0.4) is 0 Å². The van der Waals surface area contributed by atoms with Crippen LogP contribution in [0.25, 0.3) is 0 Å². The fourth-order valence-electron chi connectivity index (χ4n) is 3.80. The molecule has 4 rings (SSSR count). The van der Waals surface area contributed by atoms with E-state index < -0.39 is 27.5 Å². The number of nitrogens with zero attached hydrogens (tertiary/aromatic N) is 2. The normalized spacial score (nSPS) is 21.1. The van der Waals surface area contributed by atoms with Crippen LogP contribution < -0.4 is 9.62 Å². The average molecular weight is 448 g/mol. The molecule has 1 unspecified atom stereocenters. The minimum absolute atomic E-state index is 0.00229. The van der Waals surface area contributed by atoms with E-state index in [-0.39, 0.29) is 18.1 Å². The van der Waals surface area contributed by atoms with Gasteiger partial charge in [0.2, 0.25) is 10.0 Å². The van der Waals surface area contributed by atoms with Crippen LogP contribution in [-0.4, -0.2) is 49.9 Å². The first-order valence-electron chi connectivity index (χ1n) is 9.52. The van der Waals surface area contributed by atoms with E-state index in [1.165, 1.54) is 15.6 Å². The molecule has 158 valence electrons. The Bertz CT molecular complexity index is 1140. The van der Waals surface area contributed by atoms with Crippen LogP contribution in [0.5, 0.6) is 0 Å². The minimum Gasteiger partial charge on any atom is -0.319 e. The molecule has 8 nitrogen and oxygen atoms in total. The van der Waals surface area contributed by atoms with Gasteiger partial charge in [0.25, 0.3) is 5.91 Å². The van der Waals surface area contributed by atoms with Crippen molar-refractivity contribution < 1.29 is 22.8 Å². The van der Waals surface area contributed by atoms with Gasteiger partial charge in [-0.3, -0.25) is 18.8 Å². The molecule has 0 aliphatic carbocycles. The zero-order chi connectivity index (χ0) is 21.7. The smallest absolute Gasteiger partial charge is 0.319 e. The molecule has 0 saturated carbocycles. The van der Waals surface area contributed by atoms with Crippen molar-refractivity contribution in [1.29, 1.82) is 0 Å². The minimum atomic E-state index is -3.37. The van der Waals surface area contributed by atoms with Crippen LogP contribution in [0.15, 0.2) is 35.7 Å². The van der Waals surface area contributed by atoms with Crippen molar-refractivity contribution in [1.82, 2.24) is 10.2 Å². The molecule has 1 atom stereocenters. The summed E-state index contributed by atoms with van der Waals surface area (Å²) in [7, 11) is -3.37. The van der Waals surface area contributed by atoms with E-state index in [1.54, 1.807) is 44.2 Å². The number of carbonyl (C=O) groups excluding carboxylic acids is 3. The van der Waals surface area contributed by atoms with Gasteiger partial charge in [-0.15, -0.1) is 11.3 Å². The van der Waals surface area contributed by atoms with Crippen LogP contribution in [0, 0.1) is 0 Å². The number of carbonyl (C=O) groups is 3. The van der Waals surface area contributed by atoms with Crippen molar-refractivity contribution in [3.05, 3.63) is 51.7 Å². The van der Waals surface area contributed by atoms with Gasteiger partial charge < -0.3 is 5.32 Å².